The second-order valence-corrected chi connectivity index (χ2v) is 8.15. The van der Waals surface area contributed by atoms with Gasteiger partial charge in [-0.1, -0.05) is 66.0 Å². The fourth-order valence-electron chi connectivity index (χ4n) is 3.62. The molecule has 4 rings (SSSR count). The normalized spacial score (nSPS) is 16.1. The van der Waals surface area contributed by atoms with Gasteiger partial charge in [0.1, 0.15) is 5.75 Å². The van der Waals surface area contributed by atoms with Crippen molar-refractivity contribution in [3.05, 3.63) is 103 Å². The van der Waals surface area contributed by atoms with Crippen molar-refractivity contribution >= 4 is 29.5 Å². The Morgan fingerprint density at radius 2 is 1.81 bits per heavy atom. The van der Waals surface area contributed by atoms with Crippen LogP contribution in [0.5, 0.6) is 5.75 Å². The topological polar surface area (TPSA) is 69.9 Å². The SMILES string of the molecule is COC(=O)C1=C(C)N=c2sc(=C/C=C\c3ccccc3)c(=O)n2[C@H]1c1ccc(OC)cc1. The van der Waals surface area contributed by atoms with Crippen LogP contribution < -0.4 is 19.6 Å². The first kappa shape index (κ1) is 21.5. The molecule has 0 N–H and O–H groups in total. The van der Waals surface area contributed by atoms with Crippen LogP contribution in [0.2, 0.25) is 0 Å². The lowest BCUT2D eigenvalue weighted by Crippen LogP contribution is -2.39. The Morgan fingerprint density at radius 3 is 2.47 bits per heavy atom. The maximum Gasteiger partial charge on any atom is 0.338 e. The first-order chi connectivity index (χ1) is 15.5. The third-order valence-corrected chi connectivity index (χ3v) is 6.20. The van der Waals surface area contributed by atoms with E-state index < -0.39 is 12.0 Å². The molecule has 0 spiro atoms. The molecule has 1 aliphatic heterocycles. The highest BCUT2D eigenvalue weighted by Gasteiger charge is 2.32. The number of thiazole rings is 1. The second kappa shape index (κ2) is 9.20. The second-order valence-electron chi connectivity index (χ2n) is 7.14. The first-order valence-corrected chi connectivity index (χ1v) is 10.8. The molecular formula is C25H22N2O4S. The van der Waals surface area contributed by atoms with E-state index in [0.717, 1.165) is 11.1 Å². The maximum atomic E-state index is 13.4. The van der Waals surface area contributed by atoms with Gasteiger partial charge in [0, 0.05) is 0 Å². The summed E-state index contributed by atoms with van der Waals surface area (Å²) in [4.78, 5) is 31.1. The first-order valence-electron chi connectivity index (χ1n) is 10.00. The van der Waals surface area contributed by atoms with Gasteiger partial charge in [-0.15, -0.1) is 0 Å². The molecule has 0 radical (unpaired) electrons. The van der Waals surface area contributed by atoms with Crippen molar-refractivity contribution in [3.8, 4) is 5.75 Å². The summed E-state index contributed by atoms with van der Waals surface area (Å²) in [6.07, 6.45) is 5.56. The van der Waals surface area contributed by atoms with Crippen molar-refractivity contribution in [1.82, 2.24) is 4.57 Å². The molecule has 3 aromatic rings. The highest BCUT2D eigenvalue weighted by molar-refractivity contribution is 7.07. The largest absolute Gasteiger partial charge is 0.497 e. The molecule has 0 amide bonds. The van der Waals surface area contributed by atoms with E-state index in [1.807, 2.05) is 54.6 Å². The van der Waals surface area contributed by atoms with Gasteiger partial charge in [0.2, 0.25) is 0 Å². The number of methoxy groups -OCH3 is 2. The predicted octanol–water partition coefficient (Wildman–Crippen LogP) is 3.08. The smallest absolute Gasteiger partial charge is 0.338 e. The van der Waals surface area contributed by atoms with Crippen LogP contribution in [-0.4, -0.2) is 24.8 Å². The van der Waals surface area contributed by atoms with Gasteiger partial charge < -0.3 is 9.47 Å². The Morgan fingerprint density at radius 1 is 1.09 bits per heavy atom. The van der Waals surface area contributed by atoms with Crippen LogP contribution in [0.15, 0.2) is 81.7 Å². The highest BCUT2D eigenvalue weighted by Crippen LogP contribution is 2.31. The van der Waals surface area contributed by atoms with E-state index in [0.29, 0.717) is 26.4 Å². The van der Waals surface area contributed by atoms with Crippen molar-refractivity contribution < 1.29 is 14.3 Å². The minimum absolute atomic E-state index is 0.207. The Labute approximate surface area is 189 Å². The molecule has 1 atom stereocenters. The van der Waals surface area contributed by atoms with Crippen molar-refractivity contribution in [1.29, 1.82) is 0 Å². The van der Waals surface area contributed by atoms with Crippen LogP contribution in [0, 0.1) is 0 Å². The lowest BCUT2D eigenvalue weighted by molar-refractivity contribution is -0.136. The summed E-state index contributed by atoms with van der Waals surface area (Å²) in [6.45, 7) is 1.76. The summed E-state index contributed by atoms with van der Waals surface area (Å²) in [5.74, 6) is 0.179. The molecular weight excluding hydrogens is 424 g/mol. The van der Waals surface area contributed by atoms with E-state index in [-0.39, 0.29) is 5.56 Å². The Hall–Kier alpha value is -3.71. The molecule has 7 heteroatoms. The third kappa shape index (κ3) is 4.07. The zero-order chi connectivity index (χ0) is 22.7. The average Bonchev–Trinajstić information content (AvgIpc) is 3.13. The number of ether oxygens (including phenoxy) is 2. The van der Waals surface area contributed by atoms with Crippen LogP contribution >= 0.6 is 11.3 Å². The zero-order valence-corrected chi connectivity index (χ0v) is 18.8. The van der Waals surface area contributed by atoms with Crippen molar-refractivity contribution in [3.63, 3.8) is 0 Å². The quantitative estimate of drug-likeness (QED) is 0.565. The average molecular weight is 447 g/mol. The van der Waals surface area contributed by atoms with E-state index in [2.05, 4.69) is 4.99 Å². The molecule has 2 aromatic carbocycles. The summed E-state index contributed by atoms with van der Waals surface area (Å²) in [5.41, 5.74) is 2.48. The van der Waals surface area contributed by atoms with E-state index in [4.69, 9.17) is 9.47 Å². The molecule has 0 unspecified atom stereocenters. The van der Waals surface area contributed by atoms with Gasteiger partial charge in [-0.05, 0) is 36.3 Å². The van der Waals surface area contributed by atoms with Gasteiger partial charge in [-0.3, -0.25) is 9.36 Å². The molecule has 1 aliphatic rings. The molecule has 0 saturated heterocycles. The number of hydrogen-bond acceptors (Lipinski definition) is 6. The summed E-state index contributed by atoms with van der Waals surface area (Å²) >= 11 is 1.29. The minimum atomic E-state index is -0.634. The van der Waals surface area contributed by atoms with E-state index in [1.165, 1.54) is 18.4 Å². The van der Waals surface area contributed by atoms with E-state index >= 15 is 0 Å². The maximum absolute atomic E-state index is 13.4. The van der Waals surface area contributed by atoms with Gasteiger partial charge in [-0.25, -0.2) is 9.79 Å². The summed E-state index contributed by atoms with van der Waals surface area (Å²) in [5, 5.41) is 0. The monoisotopic (exact) mass is 446 g/mol. The number of carbonyl (C=O) groups excluding carboxylic acids is 1. The lowest BCUT2D eigenvalue weighted by atomic mass is 9.96. The number of fused-ring (bicyclic) bond motifs is 1. The molecule has 0 saturated carbocycles. The number of hydrogen-bond donors (Lipinski definition) is 0. The predicted molar refractivity (Wildman–Crippen MR) is 125 cm³/mol. The number of nitrogens with zero attached hydrogens (tertiary/aromatic N) is 2. The van der Waals surface area contributed by atoms with E-state index in [9.17, 15) is 9.59 Å². The van der Waals surface area contributed by atoms with Crippen molar-refractivity contribution in [2.45, 2.75) is 13.0 Å². The molecule has 0 fully saturated rings. The Kier molecular flexibility index (Phi) is 6.18. The van der Waals surface area contributed by atoms with Gasteiger partial charge >= 0.3 is 5.97 Å². The van der Waals surface area contributed by atoms with Crippen LogP contribution in [0.3, 0.4) is 0 Å². The summed E-state index contributed by atoms with van der Waals surface area (Å²) in [6, 6.07) is 16.5. The molecule has 6 nitrogen and oxygen atoms in total. The number of allylic oxidation sites excluding steroid dienone is 2. The Balaban J connectivity index is 1.86. The lowest BCUT2D eigenvalue weighted by Gasteiger charge is -2.24. The summed E-state index contributed by atoms with van der Waals surface area (Å²) in [7, 11) is 2.91. The number of esters is 1. The van der Waals surface area contributed by atoms with Crippen LogP contribution in [0.25, 0.3) is 12.2 Å². The minimum Gasteiger partial charge on any atom is -0.497 e. The van der Waals surface area contributed by atoms with Gasteiger partial charge in [0.25, 0.3) is 5.56 Å². The number of rotatable bonds is 5. The number of benzene rings is 2. The fraction of sp³-hybridized carbons (Fsp3) is 0.160. The molecule has 162 valence electrons. The fourth-order valence-corrected chi connectivity index (χ4v) is 4.62. The van der Waals surface area contributed by atoms with Crippen LogP contribution in [0.4, 0.5) is 0 Å². The summed E-state index contributed by atoms with van der Waals surface area (Å²) < 4.78 is 12.4. The number of aromatic nitrogens is 1. The van der Waals surface area contributed by atoms with Crippen LogP contribution in [-0.2, 0) is 9.53 Å². The molecule has 2 heterocycles. The van der Waals surface area contributed by atoms with Crippen molar-refractivity contribution in [2.75, 3.05) is 14.2 Å². The van der Waals surface area contributed by atoms with E-state index in [1.54, 1.807) is 36.8 Å². The molecule has 0 bridgehead atoms. The molecule has 32 heavy (non-hydrogen) atoms. The zero-order valence-electron chi connectivity index (χ0n) is 17.9. The molecule has 1 aromatic heterocycles. The molecule has 0 aliphatic carbocycles. The van der Waals surface area contributed by atoms with Gasteiger partial charge in [0.05, 0.1) is 36.1 Å². The van der Waals surface area contributed by atoms with Gasteiger partial charge in [-0.2, -0.15) is 0 Å². The highest BCUT2D eigenvalue weighted by atomic mass is 32.1. The van der Waals surface area contributed by atoms with Crippen molar-refractivity contribution in [2.24, 2.45) is 4.99 Å². The third-order valence-electron chi connectivity index (χ3n) is 5.19. The van der Waals surface area contributed by atoms with Crippen LogP contribution in [0.1, 0.15) is 24.1 Å². The number of carbonyl (C=O) groups is 1. The Bertz CT molecular complexity index is 1380. The van der Waals surface area contributed by atoms with Gasteiger partial charge in [0.15, 0.2) is 4.80 Å². The standard InChI is InChI=1S/C25H22N2O4S/c1-16-21(24(29)31-3)22(18-12-14-19(30-2)15-13-18)27-23(28)20(32-25(27)26-16)11-7-10-17-8-5-4-6-9-17/h4-15,22H,1-3H3/b10-7-,20-11?/t22-/m0/s1.